The van der Waals surface area contributed by atoms with Crippen molar-refractivity contribution in [3.8, 4) is 0 Å². The molecule has 150 valence electrons. The standard InChI is InChI=1S/C22H44O3/c1-3-5-7-9-11-16-20-24-22(18-14-13-15-19-23)25-21-17-12-10-8-6-4-2/h13-14,22-23H,3-12,15-21H2,1-2H3/b14-13-. The second kappa shape index (κ2) is 21.7. The molecule has 3 heteroatoms. The van der Waals surface area contributed by atoms with Gasteiger partial charge in [0.15, 0.2) is 6.29 Å². The zero-order chi connectivity index (χ0) is 18.4. The van der Waals surface area contributed by atoms with Gasteiger partial charge in [-0.1, -0.05) is 90.2 Å². The molecule has 0 aromatic heterocycles. The lowest BCUT2D eigenvalue weighted by Crippen LogP contribution is -2.18. The van der Waals surface area contributed by atoms with Crippen molar-refractivity contribution in [3.05, 3.63) is 12.2 Å². The van der Waals surface area contributed by atoms with E-state index in [1.54, 1.807) is 0 Å². The fraction of sp³-hybridized carbons (Fsp3) is 0.909. The number of ether oxygens (including phenoxy) is 2. The Morgan fingerprint density at radius 3 is 1.64 bits per heavy atom. The van der Waals surface area contributed by atoms with Crippen molar-refractivity contribution < 1.29 is 14.6 Å². The lowest BCUT2D eigenvalue weighted by molar-refractivity contribution is -0.141. The van der Waals surface area contributed by atoms with Crippen LogP contribution in [-0.4, -0.2) is 31.2 Å². The monoisotopic (exact) mass is 356 g/mol. The predicted molar refractivity (Wildman–Crippen MR) is 108 cm³/mol. The summed E-state index contributed by atoms with van der Waals surface area (Å²) in [4.78, 5) is 0. The molecule has 0 aliphatic heterocycles. The summed E-state index contributed by atoms with van der Waals surface area (Å²) in [6, 6.07) is 0. The highest BCUT2D eigenvalue weighted by molar-refractivity contribution is 4.82. The summed E-state index contributed by atoms with van der Waals surface area (Å²) in [6.45, 7) is 6.29. The molecule has 0 heterocycles. The van der Waals surface area contributed by atoms with Crippen LogP contribution in [0.3, 0.4) is 0 Å². The minimum Gasteiger partial charge on any atom is -0.396 e. The Morgan fingerprint density at radius 2 is 1.16 bits per heavy atom. The summed E-state index contributed by atoms with van der Waals surface area (Å²) in [7, 11) is 0. The van der Waals surface area contributed by atoms with Gasteiger partial charge in [0, 0.05) is 26.2 Å². The van der Waals surface area contributed by atoms with E-state index in [9.17, 15) is 0 Å². The van der Waals surface area contributed by atoms with E-state index in [-0.39, 0.29) is 12.9 Å². The number of aliphatic hydroxyl groups is 1. The van der Waals surface area contributed by atoms with Crippen molar-refractivity contribution in [2.24, 2.45) is 0 Å². The van der Waals surface area contributed by atoms with E-state index in [1.807, 2.05) is 6.08 Å². The van der Waals surface area contributed by atoms with E-state index >= 15 is 0 Å². The lowest BCUT2D eigenvalue weighted by atomic mass is 10.1. The molecular formula is C22H44O3. The average Bonchev–Trinajstić information content (AvgIpc) is 2.63. The first-order chi connectivity index (χ1) is 12.3. The van der Waals surface area contributed by atoms with Crippen LogP contribution < -0.4 is 0 Å². The molecule has 1 N–H and O–H groups in total. The quantitative estimate of drug-likeness (QED) is 0.156. The summed E-state index contributed by atoms with van der Waals surface area (Å²) in [5.41, 5.74) is 0. The molecule has 0 radical (unpaired) electrons. The van der Waals surface area contributed by atoms with E-state index in [4.69, 9.17) is 14.6 Å². The smallest absolute Gasteiger partial charge is 0.160 e. The van der Waals surface area contributed by atoms with Gasteiger partial charge >= 0.3 is 0 Å². The first kappa shape index (κ1) is 24.6. The topological polar surface area (TPSA) is 38.7 Å². The second-order valence-electron chi connectivity index (χ2n) is 6.93. The zero-order valence-corrected chi connectivity index (χ0v) is 17.0. The fourth-order valence-corrected chi connectivity index (χ4v) is 2.78. The van der Waals surface area contributed by atoms with Gasteiger partial charge < -0.3 is 14.6 Å². The summed E-state index contributed by atoms with van der Waals surface area (Å²) >= 11 is 0. The van der Waals surface area contributed by atoms with Crippen LogP contribution in [0.2, 0.25) is 0 Å². The Hall–Kier alpha value is -0.380. The Morgan fingerprint density at radius 1 is 0.680 bits per heavy atom. The van der Waals surface area contributed by atoms with Crippen LogP contribution in [0.15, 0.2) is 12.2 Å². The van der Waals surface area contributed by atoms with E-state index in [0.29, 0.717) is 6.42 Å². The molecule has 0 bridgehead atoms. The minimum absolute atomic E-state index is 0.124. The van der Waals surface area contributed by atoms with Crippen LogP contribution >= 0.6 is 0 Å². The molecule has 0 unspecified atom stereocenters. The third kappa shape index (κ3) is 19.8. The molecule has 0 saturated carbocycles. The molecule has 0 atom stereocenters. The summed E-state index contributed by atoms with van der Waals surface area (Å²) in [5.74, 6) is 0. The first-order valence-electron chi connectivity index (χ1n) is 10.8. The van der Waals surface area contributed by atoms with E-state index in [1.165, 1.54) is 64.2 Å². The molecule has 0 spiro atoms. The molecular weight excluding hydrogens is 312 g/mol. The van der Waals surface area contributed by atoms with Gasteiger partial charge in [-0.3, -0.25) is 0 Å². The number of aliphatic hydroxyl groups excluding tert-OH is 1. The largest absolute Gasteiger partial charge is 0.396 e. The van der Waals surface area contributed by atoms with Crippen molar-refractivity contribution in [1.29, 1.82) is 0 Å². The zero-order valence-electron chi connectivity index (χ0n) is 17.0. The Kier molecular flexibility index (Phi) is 21.3. The first-order valence-corrected chi connectivity index (χ1v) is 10.8. The SMILES string of the molecule is CCCCCCCCOC(C/C=C\CCO)OCCCCCCCC. The maximum absolute atomic E-state index is 8.84. The molecule has 0 aliphatic carbocycles. The highest BCUT2D eigenvalue weighted by atomic mass is 16.7. The fourth-order valence-electron chi connectivity index (χ4n) is 2.78. The Labute approximate surface area is 157 Å². The van der Waals surface area contributed by atoms with E-state index in [0.717, 1.165) is 32.5 Å². The molecule has 0 saturated heterocycles. The molecule has 0 rings (SSSR count). The third-order valence-electron chi connectivity index (χ3n) is 4.39. The normalized spacial score (nSPS) is 11.8. The summed E-state index contributed by atoms with van der Waals surface area (Å²) in [6.07, 6.45) is 20.8. The lowest BCUT2D eigenvalue weighted by Gasteiger charge is -2.17. The van der Waals surface area contributed by atoms with Gasteiger partial charge in [-0.2, -0.15) is 0 Å². The van der Waals surface area contributed by atoms with Gasteiger partial charge in [-0.05, 0) is 19.3 Å². The van der Waals surface area contributed by atoms with Gasteiger partial charge in [0.1, 0.15) is 0 Å². The Bertz CT molecular complexity index is 248. The molecule has 0 fully saturated rings. The minimum atomic E-state index is -0.124. The number of hydrogen-bond acceptors (Lipinski definition) is 3. The van der Waals surface area contributed by atoms with Gasteiger partial charge in [0.05, 0.1) is 0 Å². The van der Waals surface area contributed by atoms with Crippen LogP contribution in [0.4, 0.5) is 0 Å². The van der Waals surface area contributed by atoms with E-state index in [2.05, 4.69) is 19.9 Å². The molecule has 0 aromatic carbocycles. The second-order valence-corrected chi connectivity index (χ2v) is 6.93. The number of hydrogen-bond donors (Lipinski definition) is 1. The number of rotatable bonds is 20. The summed E-state index contributed by atoms with van der Waals surface area (Å²) in [5, 5.41) is 8.84. The number of unbranched alkanes of at least 4 members (excludes halogenated alkanes) is 10. The average molecular weight is 357 g/mol. The molecule has 0 aliphatic rings. The van der Waals surface area contributed by atoms with Crippen LogP contribution in [0.25, 0.3) is 0 Å². The van der Waals surface area contributed by atoms with E-state index < -0.39 is 0 Å². The van der Waals surface area contributed by atoms with Gasteiger partial charge in [-0.25, -0.2) is 0 Å². The van der Waals surface area contributed by atoms with Gasteiger partial charge in [-0.15, -0.1) is 0 Å². The van der Waals surface area contributed by atoms with Crippen molar-refractivity contribution in [1.82, 2.24) is 0 Å². The maximum atomic E-state index is 8.84. The van der Waals surface area contributed by atoms with Gasteiger partial charge in [0.25, 0.3) is 0 Å². The molecule has 3 nitrogen and oxygen atoms in total. The van der Waals surface area contributed by atoms with Crippen LogP contribution in [-0.2, 0) is 9.47 Å². The molecule has 0 amide bonds. The highest BCUT2D eigenvalue weighted by Gasteiger charge is 2.07. The molecule has 0 aromatic rings. The predicted octanol–water partition coefficient (Wildman–Crippen LogP) is 6.40. The maximum Gasteiger partial charge on any atom is 0.160 e. The molecule has 25 heavy (non-hydrogen) atoms. The summed E-state index contributed by atoms with van der Waals surface area (Å²) < 4.78 is 11.9. The van der Waals surface area contributed by atoms with Crippen molar-refractivity contribution in [2.45, 2.75) is 110 Å². The van der Waals surface area contributed by atoms with Crippen molar-refractivity contribution in [3.63, 3.8) is 0 Å². The Balaban J connectivity index is 3.78. The highest BCUT2D eigenvalue weighted by Crippen LogP contribution is 2.10. The van der Waals surface area contributed by atoms with Crippen LogP contribution in [0.5, 0.6) is 0 Å². The van der Waals surface area contributed by atoms with Crippen LogP contribution in [0.1, 0.15) is 104 Å². The van der Waals surface area contributed by atoms with Crippen LogP contribution in [0, 0.1) is 0 Å². The van der Waals surface area contributed by atoms with Gasteiger partial charge in [0.2, 0.25) is 0 Å². The third-order valence-corrected chi connectivity index (χ3v) is 4.39. The van der Waals surface area contributed by atoms with Crippen molar-refractivity contribution in [2.75, 3.05) is 19.8 Å². The van der Waals surface area contributed by atoms with Crippen molar-refractivity contribution >= 4 is 0 Å².